The summed E-state index contributed by atoms with van der Waals surface area (Å²) >= 11 is 0. The third-order valence-corrected chi connectivity index (χ3v) is 3.94. The van der Waals surface area contributed by atoms with E-state index in [0.29, 0.717) is 18.5 Å². The Balaban J connectivity index is 2.02. The first-order valence-corrected chi connectivity index (χ1v) is 8.31. The van der Waals surface area contributed by atoms with Gasteiger partial charge in [0.15, 0.2) is 0 Å². The first kappa shape index (κ1) is 15.5. The molecule has 1 fully saturated rings. The summed E-state index contributed by atoms with van der Waals surface area (Å²) in [7, 11) is -3.60. The van der Waals surface area contributed by atoms with Crippen LogP contribution in [0.2, 0.25) is 0 Å². The van der Waals surface area contributed by atoms with Crippen molar-refractivity contribution >= 4 is 27.5 Å². The summed E-state index contributed by atoms with van der Waals surface area (Å²) in [5, 5.41) is 2.68. The number of anilines is 1. The molecule has 1 aliphatic carbocycles. The topological polar surface area (TPSA) is 118 Å². The molecule has 0 aromatic heterocycles. The lowest BCUT2D eigenvalue weighted by Crippen LogP contribution is -2.56. The highest BCUT2D eigenvalue weighted by Crippen LogP contribution is 2.30. The number of rotatable bonds is 4. The third kappa shape index (κ3) is 3.79. The monoisotopic (exact) mass is 311 g/mol. The van der Waals surface area contributed by atoms with Crippen molar-refractivity contribution in [1.82, 2.24) is 4.72 Å². The van der Waals surface area contributed by atoms with Crippen molar-refractivity contribution in [2.24, 2.45) is 5.73 Å². The van der Waals surface area contributed by atoms with Gasteiger partial charge < -0.3 is 11.1 Å². The highest BCUT2D eigenvalue weighted by molar-refractivity contribution is 7.89. The van der Waals surface area contributed by atoms with Crippen LogP contribution >= 0.6 is 0 Å². The summed E-state index contributed by atoms with van der Waals surface area (Å²) in [4.78, 5) is 23.5. The first-order chi connectivity index (χ1) is 9.70. The average molecular weight is 311 g/mol. The van der Waals surface area contributed by atoms with Gasteiger partial charge in [0.1, 0.15) is 0 Å². The molecule has 1 aromatic rings. The van der Waals surface area contributed by atoms with Crippen LogP contribution in [-0.2, 0) is 14.8 Å². The van der Waals surface area contributed by atoms with Gasteiger partial charge in [-0.3, -0.25) is 9.59 Å². The fourth-order valence-corrected chi connectivity index (χ4v) is 2.43. The number of nitrogens with two attached hydrogens (primary N) is 1. The Kier molecular flexibility index (Phi) is 4.02. The lowest BCUT2D eigenvalue weighted by molar-refractivity contribution is -0.123. The van der Waals surface area contributed by atoms with Gasteiger partial charge in [0.05, 0.1) is 11.8 Å². The van der Waals surface area contributed by atoms with Gasteiger partial charge in [0, 0.05) is 11.3 Å². The van der Waals surface area contributed by atoms with E-state index in [0.717, 1.165) is 12.7 Å². The maximum Gasteiger partial charge on any atom is 0.264 e. The largest absolute Gasteiger partial charge is 0.324 e. The van der Waals surface area contributed by atoms with Gasteiger partial charge in [-0.1, -0.05) is 0 Å². The van der Waals surface area contributed by atoms with Crippen LogP contribution in [-0.4, -0.2) is 32.0 Å². The molecular weight excluding hydrogens is 294 g/mol. The standard InChI is InChI=1S/C13H17N3O4S/c1-21(19,20)16-11(17)9-3-5-10(6-4-9)15-12(18)13(14)7-2-8-13/h3-6H,2,7-8,14H2,1H3,(H,15,18)(H,16,17). The number of hydrogen-bond acceptors (Lipinski definition) is 5. The third-order valence-electron chi connectivity index (χ3n) is 3.38. The molecule has 1 aromatic carbocycles. The SMILES string of the molecule is CS(=O)(=O)NC(=O)c1ccc(NC(=O)C2(N)CCC2)cc1. The van der Waals surface area contributed by atoms with Gasteiger partial charge >= 0.3 is 0 Å². The summed E-state index contributed by atoms with van der Waals surface area (Å²) in [6, 6.07) is 5.91. The van der Waals surface area contributed by atoms with E-state index < -0.39 is 21.5 Å². The van der Waals surface area contributed by atoms with Crippen LogP contribution < -0.4 is 15.8 Å². The van der Waals surface area contributed by atoms with Crippen LogP contribution in [0, 0.1) is 0 Å². The number of carbonyl (C=O) groups excluding carboxylic acids is 2. The van der Waals surface area contributed by atoms with Crippen LogP contribution in [0.5, 0.6) is 0 Å². The molecule has 0 aliphatic heterocycles. The maximum atomic E-state index is 11.9. The second-order valence-electron chi connectivity index (χ2n) is 5.24. The zero-order chi connectivity index (χ0) is 15.7. The molecule has 8 heteroatoms. The molecule has 1 saturated carbocycles. The average Bonchev–Trinajstić information content (AvgIpc) is 2.34. The molecule has 7 nitrogen and oxygen atoms in total. The highest BCUT2D eigenvalue weighted by Gasteiger charge is 2.40. The van der Waals surface area contributed by atoms with Gasteiger partial charge in [-0.05, 0) is 43.5 Å². The summed E-state index contributed by atoms with van der Waals surface area (Å²) in [5.41, 5.74) is 5.79. The predicted octanol–water partition coefficient (Wildman–Crippen LogP) is 0.196. The predicted molar refractivity (Wildman–Crippen MR) is 78.2 cm³/mol. The lowest BCUT2D eigenvalue weighted by atomic mass is 9.77. The zero-order valence-corrected chi connectivity index (χ0v) is 12.4. The Labute approximate surface area is 123 Å². The zero-order valence-electron chi connectivity index (χ0n) is 11.5. The highest BCUT2D eigenvalue weighted by atomic mass is 32.2. The van der Waals surface area contributed by atoms with Crippen LogP contribution in [0.3, 0.4) is 0 Å². The van der Waals surface area contributed by atoms with E-state index in [1.54, 1.807) is 0 Å². The van der Waals surface area contributed by atoms with Crippen LogP contribution in [0.4, 0.5) is 5.69 Å². The molecule has 0 atom stereocenters. The van der Waals surface area contributed by atoms with Gasteiger partial charge in [-0.25, -0.2) is 13.1 Å². The van der Waals surface area contributed by atoms with Crippen molar-refractivity contribution in [3.8, 4) is 0 Å². The normalized spacial score (nSPS) is 16.7. The van der Waals surface area contributed by atoms with Gasteiger partial charge in [0.25, 0.3) is 5.91 Å². The van der Waals surface area contributed by atoms with Gasteiger partial charge in [-0.2, -0.15) is 0 Å². The molecule has 4 N–H and O–H groups in total. The number of nitrogens with one attached hydrogen (secondary N) is 2. The van der Waals surface area contributed by atoms with E-state index in [1.165, 1.54) is 24.3 Å². The van der Waals surface area contributed by atoms with E-state index in [2.05, 4.69) is 5.32 Å². The summed E-state index contributed by atoms with van der Waals surface area (Å²) in [6.07, 6.45) is 3.16. The first-order valence-electron chi connectivity index (χ1n) is 6.42. The quantitative estimate of drug-likeness (QED) is 0.734. The summed E-state index contributed by atoms with van der Waals surface area (Å²) in [5.74, 6) is -0.966. The number of carbonyl (C=O) groups is 2. The van der Waals surface area contributed by atoms with E-state index in [4.69, 9.17) is 5.73 Å². The van der Waals surface area contributed by atoms with E-state index >= 15 is 0 Å². The van der Waals surface area contributed by atoms with Crippen molar-refractivity contribution < 1.29 is 18.0 Å². The minimum Gasteiger partial charge on any atom is -0.324 e. The van der Waals surface area contributed by atoms with Crippen LogP contribution in [0.15, 0.2) is 24.3 Å². The van der Waals surface area contributed by atoms with Gasteiger partial charge in [-0.15, -0.1) is 0 Å². The summed E-state index contributed by atoms with van der Waals surface area (Å²) in [6.45, 7) is 0. The molecule has 0 spiro atoms. The van der Waals surface area contributed by atoms with Crippen molar-refractivity contribution in [1.29, 1.82) is 0 Å². The molecule has 1 aliphatic rings. The maximum absolute atomic E-state index is 11.9. The lowest BCUT2D eigenvalue weighted by Gasteiger charge is -2.36. The Morgan fingerprint density at radius 3 is 2.19 bits per heavy atom. The van der Waals surface area contributed by atoms with Crippen molar-refractivity contribution in [3.63, 3.8) is 0 Å². The fraction of sp³-hybridized carbons (Fsp3) is 0.385. The number of amides is 2. The number of sulfonamides is 1. The van der Waals surface area contributed by atoms with E-state index in [-0.39, 0.29) is 11.5 Å². The molecule has 0 radical (unpaired) electrons. The minimum atomic E-state index is -3.60. The Bertz CT molecular complexity index is 663. The molecule has 2 rings (SSSR count). The molecule has 0 unspecified atom stereocenters. The van der Waals surface area contributed by atoms with E-state index in [9.17, 15) is 18.0 Å². The molecule has 21 heavy (non-hydrogen) atoms. The second kappa shape index (κ2) is 5.45. The number of benzene rings is 1. The van der Waals surface area contributed by atoms with Crippen molar-refractivity contribution in [2.75, 3.05) is 11.6 Å². The molecule has 0 saturated heterocycles. The Hall–Kier alpha value is -1.93. The molecular formula is C13H17N3O4S. The molecule has 0 heterocycles. The van der Waals surface area contributed by atoms with Gasteiger partial charge in [0.2, 0.25) is 15.9 Å². The van der Waals surface area contributed by atoms with Crippen molar-refractivity contribution in [2.45, 2.75) is 24.8 Å². The molecule has 114 valence electrons. The smallest absolute Gasteiger partial charge is 0.264 e. The number of hydrogen-bond donors (Lipinski definition) is 3. The minimum absolute atomic E-state index is 0.185. The van der Waals surface area contributed by atoms with Crippen LogP contribution in [0.25, 0.3) is 0 Å². The molecule has 0 bridgehead atoms. The second-order valence-corrected chi connectivity index (χ2v) is 6.99. The fourth-order valence-electron chi connectivity index (χ4n) is 1.97. The Morgan fingerprint density at radius 2 is 1.76 bits per heavy atom. The molecule has 2 amide bonds. The Morgan fingerprint density at radius 1 is 1.19 bits per heavy atom. The summed E-state index contributed by atoms with van der Waals surface area (Å²) < 4.78 is 23.8. The van der Waals surface area contributed by atoms with Crippen LogP contribution in [0.1, 0.15) is 29.6 Å². The van der Waals surface area contributed by atoms with E-state index in [1.807, 2.05) is 4.72 Å². The van der Waals surface area contributed by atoms with Crippen molar-refractivity contribution in [3.05, 3.63) is 29.8 Å².